The van der Waals surface area contributed by atoms with Gasteiger partial charge in [0.15, 0.2) is 0 Å². The van der Waals surface area contributed by atoms with Crippen molar-refractivity contribution in [3.63, 3.8) is 0 Å². The number of nitrogens with zero attached hydrogens (tertiary/aromatic N) is 4. The lowest BCUT2D eigenvalue weighted by Gasteiger charge is -2.32. The molecule has 1 saturated heterocycles. The number of aromatic nitrogens is 2. The summed E-state index contributed by atoms with van der Waals surface area (Å²) < 4.78 is 0. The third-order valence-electron chi connectivity index (χ3n) is 4.45. The molecule has 2 heterocycles. The lowest BCUT2D eigenvalue weighted by molar-refractivity contribution is 0.444. The Morgan fingerprint density at radius 1 is 1.22 bits per heavy atom. The molecule has 3 rings (SSSR count). The molecule has 0 N–H and O–H groups in total. The molecule has 0 saturated carbocycles. The predicted molar refractivity (Wildman–Crippen MR) is 95.9 cm³/mol. The molecule has 0 aliphatic carbocycles. The number of rotatable bonds is 4. The van der Waals surface area contributed by atoms with Crippen LogP contribution in [0.1, 0.15) is 31.2 Å². The highest BCUT2D eigenvalue weighted by Gasteiger charge is 2.19. The molecule has 2 aromatic rings. The second-order valence-electron chi connectivity index (χ2n) is 6.67. The zero-order valence-electron chi connectivity index (χ0n) is 14.4. The van der Waals surface area contributed by atoms with E-state index in [0.717, 1.165) is 43.0 Å². The van der Waals surface area contributed by atoms with E-state index in [1.54, 1.807) is 0 Å². The SMILES string of the molecule is Cc1nc(N(C)Cc2ccccc2)cc(N2CCCC(C)C2)n1. The van der Waals surface area contributed by atoms with Crippen molar-refractivity contribution in [3.05, 3.63) is 47.8 Å². The lowest BCUT2D eigenvalue weighted by Crippen LogP contribution is -2.35. The van der Waals surface area contributed by atoms with Gasteiger partial charge in [-0.15, -0.1) is 0 Å². The van der Waals surface area contributed by atoms with Crippen molar-refractivity contribution in [1.29, 1.82) is 0 Å². The zero-order valence-corrected chi connectivity index (χ0v) is 14.4. The normalized spacial score (nSPS) is 18.0. The quantitative estimate of drug-likeness (QED) is 0.863. The minimum absolute atomic E-state index is 0.740. The van der Waals surface area contributed by atoms with Gasteiger partial charge in [-0.25, -0.2) is 9.97 Å². The highest BCUT2D eigenvalue weighted by Crippen LogP contribution is 2.24. The van der Waals surface area contributed by atoms with Crippen LogP contribution in [0, 0.1) is 12.8 Å². The number of hydrogen-bond donors (Lipinski definition) is 0. The molecule has 0 bridgehead atoms. The van der Waals surface area contributed by atoms with Crippen LogP contribution in [-0.4, -0.2) is 30.1 Å². The van der Waals surface area contributed by atoms with Crippen molar-refractivity contribution in [1.82, 2.24) is 9.97 Å². The maximum Gasteiger partial charge on any atom is 0.134 e. The summed E-state index contributed by atoms with van der Waals surface area (Å²) in [5, 5.41) is 0. The van der Waals surface area contributed by atoms with Gasteiger partial charge in [0.25, 0.3) is 0 Å². The Balaban J connectivity index is 1.79. The van der Waals surface area contributed by atoms with Gasteiger partial charge in [-0.3, -0.25) is 0 Å². The van der Waals surface area contributed by atoms with Crippen molar-refractivity contribution in [3.8, 4) is 0 Å². The monoisotopic (exact) mass is 310 g/mol. The third-order valence-corrected chi connectivity index (χ3v) is 4.45. The molecule has 0 spiro atoms. The standard InChI is InChI=1S/C19H26N4/c1-15-8-7-11-23(13-15)19-12-18(20-16(2)21-19)22(3)14-17-9-5-4-6-10-17/h4-6,9-10,12,15H,7-8,11,13-14H2,1-3H3. The fraction of sp³-hybridized carbons (Fsp3) is 0.474. The van der Waals surface area contributed by atoms with Gasteiger partial charge in [0.1, 0.15) is 17.5 Å². The van der Waals surface area contributed by atoms with Gasteiger partial charge in [0.05, 0.1) is 0 Å². The first-order valence-corrected chi connectivity index (χ1v) is 8.47. The Hall–Kier alpha value is -2.10. The first-order valence-electron chi connectivity index (χ1n) is 8.47. The highest BCUT2D eigenvalue weighted by molar-refractivity contribution is 5.51. The molecule has 1 aromatic heterocycles. The van der Waals surface area contributed by atoms with Gasteiger partial charge in [0.2, 0.25) is 0 Å². The Labute approximate surface area is 139 Å². The number of benzene rings is 1. The largest absolute Gasteiger partial charge is 0.356 e. The maximum absolute atomic E-state index is 4.67. The van der Waals surface area contributed by atoms with Crippen LogP contribution in [0.3, 0.4) is 0 Å². The van der Waals surface area contributed by atoms with Gasteiger partial charge in [-0.05, 0) is 31.2 Å². The van der Waals surface area contributed by atoms with Crippen molar-refractivity contribution < 1.29 is 0 Å². The third kappa shape index (κ3) is 4.01. The number of anilines is 2. The minimum Gasteiger partial charge on any atom is -0.356 e. The molecule has 1 fully saturated rings. The molecule has 4 nitrogen and oxygen atoms in total. The molecule has 1 aromatic carbocycles. The molecule has 1 unspecified atom stereocenters. The molecule has 23 heavy (non-hydrogen) atoms. The first kappa shape index (κ1) is 15.8. The number of hydrogen-bond acceptors (Lipinski definition) is 4. The summed E-state index contributed by atoms with van der Waals surface area (Å²) in [6, 6.07) is 12.6. The molecule has 0 amide bonds. The molecule has 1 aliphatic heterocycles. The Morgan fingerprint density at radius 3 is 2.74 bits per heavy atom. The molecule has 122 valence electrons. The van der Waals surface area contributed by atoms with E-state index in [1.807, 2.05) is 13.0 Å². The number of aryl methyl sites for hydroxylation is 1. The van der Waals surface area contributed by atoms with E-state index in [1.165, 1.54) is 18.4 Å². The van der Waals surface area contributed by atoms with Crippen molar-refractivity contribution in [2.45, 2.75) is 33.2 Å². The van der Waals surface area contributed by atoms with Gasteiger partial charge in [0, 0.05) is 32.7 Å². The van der Waals surface area contributed by atoms with E-state index >= 15 is 0 Å². The number of piperidine rings is 1. The molecular formula is C19H26N4. The predicted octanol–water partition coefficient (Wildman–Crippen LogP) is 3.66. The maximum atomic E-state index is 4.67. The van der Waals surface area contributed by atoms with Crippen LogP contribution in [0.25, 0.3) is 0 Å². The Morgan fingerprint density at radius 2 is 2.00 bits per heavy atom. The van der Waals surface area contributed by atoms with Gasteiger partial charge in [-0.1, -0.05) is 37.3 Å². The van der Waals surface area contributed by atoms with Crippen LogP contribution in [0.4, 0.5) is 11.6 Å². The van der Waals surface area contributed by atoms with E-state index < -0.39 is 0 Å². The van der Waals surface area contributed by atoms with Gasteiger partial charge in [-0.2, -0.15) is 0 Å². The first-order chi connectivity index (χ1) is 11.1. The zero-order chi connectivity index (χ0) is 16.2. The molecule has 1 atom stereocenters. The van der Waals surface area contributed by atoms with E-state index in [0.29, 0.717) is 0 Å². The summed E-state index contributed by atoms with van der Waals surface area (Å²) >= 11 is 0. The Bertz CT molecular complexity index is 641. The van der Waals surface area contributed by atoms with Crippen molar-refractivity contribution in [2.24, 2.45) is 5.92 Å². The van der Waals surface area contributed by atoms with Crippen LogP contribution in [0.5, 0.6) is 0 Å². The molecule has 4 heteroatoms. The summed E-state index contributed by atoms with van der Waals surface area (Å²) in [6.45, 7) is 7.35. The average Bonchev–Trinajstić information content (AvgIpc) is 2.55. The summed E-state index contributed by atoms with van der Waals surface area (Å²) in [5.74, 6) is 3.65. The molecule has 1 aliphatic rings. The topological polar surface area (TPSA) is 32.3 Å². The van der Waals surface area contributed by atoms with Crippen LogP contribution in [0.2, 0.25) is 0 Å². The molecule has 0 radical (unpaired) electrons. The van der Waals surface area contributed by atoms with E-state index in [-0.39, 0.29) is 0 Å². The van der Waals surface area contributed by atoms with Gasteiger partial charge >= 0.3 is 0 Å². The fourth-order valence-corrected chi connectivity index (χ4v) is 3.23. The summed E-state index contributed by atoms with van der Waals surface area (Å²) in [5.41, 5.74) is 1.29. The second kappa shape index (κ2) is 6.99. The fourth-order valence-electron chi connectivity index (χ4n) is 3.23. The van der Waals surface area contributed by atoms with Crippen molar-refractivity contribution >= 4 is 11.6 Å². The van der Waals surface area contributed by atoms with Gasteiger partial charge < -0.3 is 9.80 Å². The van der Waals surface area contributed by atoms with Crippen LogP contribution in [0.15, 0.2) is 36.4 Å². The van der Waals surface area contributed by atoms with E-state index in [2.05, 4.69) is 64.1 Å². The summed E-state index contributed by atoms with van der Waals surface area (Å²) in [6.07, 6.45) is 2.57. The van der Waals surface area contributed by atoms with E-state index in [4.69, 9.17) is 0 Å². The smallest absolute Gasteiger partial charge is 0.134 e. The van der Waals surface area contributed by atoms with Crippen molar-refractivity contribution in [2.75, 3.05) is 29.9 Å². The van der Waals surface area contributed by atoms with Crippen LogP contribution >= 0.6 is 0 Å². The van der Waals surface area contributed by atoms with Crippen LogP contribution < -0.4 is 9.80 Å². The van der Waals surface area contributed by atoms with Crippen LogP contribution in [-0.2, 0) is 6.54 Å². The second-order valence-corrected chi connectivity index (χ2v) is 6.67. The summed E-state index contributed by atoms with van der Waals surface area (Å²) in [7, 11) is 2.09. The van der Waals surface area contributed by atoms with E-state index in [9.17, 15) is 0 Å². The average molecular weight is 310 g/mol. The molecular weight excluding hydrogens is 284 g/mol. The summed E-state index contributed by atoms with van der Waals surface area (Å²) in [4.78, 5) is 13.9. The highest BCUT2D eigenvalue weighted by atomic mass is 15.2. The Kier molecular flexibility index (Phi) is 4.79. The minimum atomic E-state index is 0.740. The lowest BCUT2D eigenvalue weighted by atomic mass is 10.0.